The Hall–Kier alpha value is -1.95. The Kier molecular flexibility index (Phi) is 5.17. The first-order valence-electron chi connectivity index (χ1n) is 10.6. The van der Waals surface area contributed by atoms with Gasteiger partial charge in [0.1, 0.15) is 11.8 Å². The fraction of sp³-hybridized carbons (Fsp3) is 0.682. The molecule has 0 amide bonds. The zero-order valence-electron chi connectivity index (χ0n) is 16.9. The number of aromatic nitrogens is 2. The number of ether oxygens (including phenoxy) is 2. The zero-order chi connectivity index (χ0) is 19.8. The number of hydrogen-bond donors (Lipinski definition) is 0. The summed E-state index contributed by atoms with van der Waals surface area (Å²) < 4.78 is 13.5. The van der Waals surface area contributed by atoms with E-state index in [-0.39, 0.29) is 23.2 Å². The van der Waals surface area contributed by atoms with Crippen LogP contribution in [0.5, 0.6) is 0 Å². The van der Waals surface area contributed by atoms with E-state index < -0.39 is 0 Å². The lowest BCUT2D eigenvalue weighted by atomic mass is 9.72. The minimum Gasteiger partial charge on any atom is -0.458 e. The summed E-state index contributed by atoms with van der Waals surface area (Å²) >= 11 is 0. The Morgan fingerprint density at radius 1 is 1.32 bits per heavy atom. The lowest BCUT2D eigenvalue weighted by molar-refractivity contribution is -0.154. The van der Waals surface area contributed by atoms with Crippen LogP contribution in [0.15, 0.2) is 12.3 Å². The minimum atomic E-state index is -0.386. The van der Waals surface area contributed by atoms with Crippen LogP contribution in [0.25, 0.3) is 5.57 Å². The van der Waals surface area contributed by atoms with Gasteiger partial charge in [0.25, 0.3) is 0 Å². The molecule has 152 valence electrons. The standard InChI is InChI=1S/C22H30N2O4/c1-3-21(4-2)15-22(28-20(21)26)10-8-16(9-11-22)19-17(14-25)13-24(23-19)18-7-5-6-12-27-18/h8,13-14,18H,3-7,9-12,15H2,1-2H3. The fourth-order valence-corrected chi connectivity index (χ4v) is 4.98. The molecule has 1 aromatic heterocycles. The molecule has 4 rings (SSSR count). The molecule has 6 nitrogen and oxygen atoms in total. The maximum atomic E-state index is 12.5. The Morgan fingerprint density at radius 2 is 2.14 bits per heavy atom. The summed E-state index contributed by atoms with van der Waals surface area (Å²) in [7, 11) is 0. The molecule has 3 aliphatic rings. The second-order valence-electron chi connectivity index (χ2n) is 8.52. The number of aldehydes is 1. The summed E-state index contributed by atoms with van der Waals surface area (Å²) in [5.41, 5.74) is 1.71. The Balaban J connectivity index is 1.55. The van der Waals surface area contributed by atoms with Gasteiger partial charge in [0.15, 0.2) is 6.29 Å². The van der Waals surface area contributed by atoms with E-state index in [0.29, 0.717) is 12.0 Å². The molecule has 2 aliphatic heterocycles. The van der Waals surface area contributed by atoms with Gasteiger partial charge in [0.2, 0.25) is 0 Å². The predicted molar refractivity (Wildman–Crippen MR) is 105 cm³/mol. The van der Waals surface area contributed by atoms with E-state index in [0.717, 1.165) is 75.5 Å². The largest absolute Gasteiger partial charge is 0.458 e. The summed E-state index contributed by atoms with van der Waals surface area (Å²) in [4.78, 5) is 24.2. The van der Waals surface area contributed by atoms with E-state index in [1.807, 2.05) is 0 Å². The van der Waals surface area contributed by atoms with Gasteiger partial charge in [0.05, 0.1) is 16.7 Å². The van der Waals surface area contributed by atoms with Gasteiger partial charge in [-0.2, -0.15) is 5.10 Å². The number of esters is 1. The molecule has 1 aromatic rings. The monoisotopic (exact) mass is 386 g/mol. The van der Waals surface area contributed by atoms with E-state index in [2.05, 4.69) is 19.9 Å². The van der Waals surface area contributed by atoms with Crippen molar-refractivity contribution in [2.24, 2.45) is 5.41 Å². The van der Waals surface area contributed by atoms with Gasteiger partial charge in [-0.3, -0.25) is 9.59 Å². The third-order valence-electron chi connectivity index (χ3n) is 6.97. The first-order valence-corrected chi connectivity index (χ1v) is 10.6. The highest BCUT2D eigenvalue weighted by Crippen LogP contribution is 2.51. The van der Waals surface area contributed by atoms with Crippen LogP contribution < -0.4 is 0 Å². The number of hydrogen-bond acceptors (Lipinski definition) is 5. The van der Waals surface area contributed by atoms with Crippen LogP contribution >= 0.6 is 0 Å². The molecule has 6 heteroatoms. The molecule has 1 aliphatic carbocycles. The van der Waals surface area contributed by atoms with E-state index in [4.69, 9.17) is 14.6 Å². The third-order valence-corrected chi connectivity index (χ3v) is 6.97. The van der Waals surface area contributed by atoms with Crippen molar-refractivity contribution in [1.82, 2.24) is 9.78 Å². The maximum absolute atomic E-state index is 12.5. The highest BCUT2D eigenvalue weighted by Gasteiger charge is 2.54. The van der Waals surface area contributed by atoms with Crippen LogP contribution in [0.3, 0.4) is 0 Å². The quantitative estimate of drug-likeness (QED) is 0.552. The number of allylic oxidation sites excluding steroid dienone is 1. The van der Waals surface area contributed by atoms with Crippen LogP contribution in [-0.4, -0.2) is 34.2 Å². The molecule has 3 heterocycles. The highest BCUT2D eigenvalue weighted by molar-refractivity contribution is 5.84. The smallest absolute Gasteiger partial charge is 0.312 e. The summed E-state index contributed by atoms with van der Waals surface area (Å²) in [6.45, 7) is 4.89. The number of carbonyl (C=O) groups excluding carboxylic acids is 2. The molecule has 0 radical (unpaired) electrons. The molecule has 0 bridgehead atoms. The van der Waals surface area contributed by atoms with Crippen molar-refractivity contribution in [2.45, 2.75) is 83.5 Å². The van der Waals surface area contributed by atoms with E-state index >= 15 is 0 Å². The van der Waals surface area contributed by atoms with Gasteiger partial charge in [0, 0.05) is 25.6 Å². The predicted octanol–water partition coefficient (Wildman–Crippen LogP) is 4.45. The molecule has 2 atom stereocenters. The summed E-state index contributed by atoms with van der Waals surface area (Å²) in [5, 5.41) is 4.70. The Bertz CT molecular complexity index is 786. The third kappa shape index (κ3) is 3.21. The van der Waals surface area contributed by atoms with Crippen LogP contribution in [-0.2, 0) is 14.3 Å². The van der Waals surface area contributed by atoms with Crippen molar-refractivity contribution in [2.75, 3.05) is 6.61 Å². The van der Waals surface area contributed by atoms with Gasteiger partial charge in [-0.25, -0.2) is 4.68 Å². The van der Waals surface area contributed by atoms with E-state index in [1.165, 1.54) is 0 Å². The molecule has 2 fully saturated rings. The van der Waals surface area contributed by atoms with Crippen LogP contribution in [0.2, 0.25) is 0 Å². The maximum Gasteiger partial charge on any atom is 0.312 e. The molecular weight excluding hydrogens is 356 g/mol. The minimum absolute atomic E-state index is 0.0401. The van der Waals surface area contributed by atoms with Crippen LogP contribution in [0.4, 0.5) is 0 Å². The van der Waals surface area contributed by atoms with Gasteiger partial charge in [-0.1, -0.05) is 19.9 Å². The summed E-state index contributed by atoms with van der Waals surface area (Å²) in [6.07, 6.45) is 12.5. The average Bonchev–Trinajstić information content (AvgIpc) is 3.29. The summed E-state index contributed by atoms with van der Waals surface area (Å²) in [6, 6.07) is 0. The number of nitrogens with zero attached hydrogens (tertiary/aromatic N) is 2. The lowest BCUT2D eigenvalue weighted by Crippen LogP contribution is -2.31. The zero-order valence-corrected chi connectivity index (χ0v) is 16.9. The van der Waals surface area contributed by atoms with Crippen LogP contribution in [0.1, 0.15) is 93.9 Å². The second-order valence-corrected chi connectivity index (χ2v) is 8.52. The van der Waals surface area contributed by atoms with Crippen molar-refractivity contribution in [3.63, 3.8) is 0 Å². The van der Waals surface area contributed by atoms with E-state index in [1.54, 1.807) is 10.9 Å². The first kappa shape index (κ1) is 19.4. The molecule has 1 spiro atoms. The highest BCUT2D eigenvalue weighted by atomic mass is 16.6. The first-order chi connectivity index (χ1) is 13.5. The molecular formula is C22H30N2O4. The molecule has 0 N–H and O–H groups in total. The van der Waals surface area contributed by atoms with Crippen molar-refractivity contribution in [1.29, 1.82) is 0 Å². The molecule has 2 saturated heterocycles. The van der Waals surface area contributed by atoms with Crippen molar-refractivity contribution in [3.8, 4) is 0 Å². The second kappa shape index (κ2) is 7.47. The molecule has 0 saturated carbocycles. The van der Waals surface area contributed by atoms with Gasteiger partial charge in [-0.15, -0.1) is 0 Å². The number of rotatable bonds is 5. The SMILES string of the molecule is CCC1(CC)CC2(CC=C(c3nn(C4CCCCO4)cc3C=O)CC2)OC1=O. The number of carbonyl (C=O) groups is 2. The van der Waals surface area contributed by atoms with Crippen LogP contribution in [0, 0.1) is 5.41 Å². The fourth-order valence-electron chi connectivity index (χ4n) is 4.98. The average molecular weight is 386 g/mol. The molecule has 28 heavy (non-hydrogen) atoms. The summed E-state index contributed by atoms with van der Waals surface area (Å²) in [5.74, 6) is -0.0401. The lowest BCUT2D eigenvalue weighted by Gasteiger charge is -2.32. The normalized spacial score (nSPS) is 29.6. The van der Waals surface area contributed by atoms with E-state index in [9.17, 15) is 9.59 Å². The van der Waals surface area contributed by atoms with Gasteiger partial charge < -0.3 is 9.47 Å². The Labute approximate surface area is 166 Å². The van der Waals surface area contributed by atoms with Crippen molar-refractivity contribution >= 4 is 17.8 Å². The Morgan fingerprint density at radius 3 is 2.71 bits per heavy atom. The van der Waals surface area contributed by atoms with Crippen molar-refractivity contribution in [3.05, 3.63) is 23.5 Å². The topological polar surface area (TPSA) is 70.4 Å². The van der Waals surface area contributed by atoms with Gasteiger partial charge >= 0.3 is 5.97 Å². The molecule has 2 unspecified atom stereocenters. The van der Waals surface area contributed by atoms with Gasteiger partial charge in [-0.05, 0) is 50.5 Å². The molecule has 0 aromatic carbocycles. The van der Waals surface area contributed by atoms with Crippen molar-refractivity contribution < 1.29 is 19.1 Å².